The highest BCUT2D eigenvalue weighted by atomic mass is 35.5. The highest BCUT2D eigenvalue weighted by molar-refractivity contribution is 8.26. The van der Waals surface area contributed by atoms with E-state index < -0.39 is 5.97 Å². The molecule has 2 heterocycles. The number of halogens is 1. The number of nitrogens with zero attached hydrogens (tertiary/aromatic N) is 2. The van der Waals surface area contributed by atoms with Crippen LogP contribution in [0.2, 0.25) is 5.02 Å². The second-order valence-corrected chi connectivity index (χ2v) is 12.5. The molecule has 13 heteroatoms. The molecular formula is C33H32ClN3O7S2. The number of morpholine rings is 1. The summed E-state index contributed by atoms with van der Waals surface area (Å²) in [5.74, 6) is -0.434. The monoisotopic (exact) mass is 681 g/mol. The summed E-state index contributed by atoms with van der Waals surface area (Å²) in [6.45, 7) is 4.38. The second kappa shape index (κ2) is 15.6. The molecule has 240 valence electrons. The number of benzene rings is 3. The number of nitrogens with one attached hydrogen (secondary N) is 1. The number of methoxy groups -OCH3 is 1. The van der Waals surface area contributed by atoms with Gasteiger partial charge in [-0.05, 0) is 66.2 Å². The molecule has 3 aromatic rings. The van der Waals surface area contributed by atoms with Crippen LogP contribution in [0.1, 0.15) is 22.3 Å². The van der Waals surface area contributed by atoms with Gasteiger partial charge in [-0.2, -0.15) is 0 Å². The van der Waals surface area contributed by atoms with Crippen LogP contribution in [0.15, 0.2) is 65.6 Å². The molecule has 46 heavy (non-hydrogen) atoms. The van der Waals surface area contributed by atoms with E-state index in [0.29, 0.717) is 56.8 Å². The number of rotatable bonds is 12. The van der Waals surface area contributed by atoms with Gasteiger partial charge in [-0.1, -0.05) is 41.6 Å². The molecule has 3 aromatic carbocycles. The van der Waals surface area contributed by atoms with Crippen LogP contribution in [0, 0.1) is 0 Å². The van der Waals surface area contributed by atoms with Crippen LogP contribution in [0.3, 0.4) is 0 Å². The zero-order valence-electron chi connectivity index (χ0n) is 25.0. The molecule has 2 aliphatic heterocycles. The van der Waals surface area contributed by atoms with E-state index in [0.717, 1.165) is 42.5 Å². The van der Waals surface area contributed by atoms with Crippen molar-refractivity contribution in [3.8, 4) is 22.6 Å². The molecule has 2 aliphatic rings. The predicted molar refractivity (Wildman–Crippen MR) is 183 cm³/mol. The number of amides is 2. The molecule has 10 nitrogen and oxygen atoms in total. The summed E-state index contributed by atoms with van der Waals surface area (Å²) in [6, 6.07) is 17.0. The third kappa shape index (κ3) is 8.45. The van der Waals surface area contributed by atoms with Crippen LogP contribution < -0.4 is 14.8 Å². The van der Waals surface area contributed by atoms with Gasteiger partial charge in [0, 0.05) is 49.4 Å². The number of aromatic carboxylic acids is 1. The SMILES string of the molecule is COc1ccc(-c2ccc(OCCN3CCOCC3)c(/C=C3\SC(=S)N(CCC(=O)Nc4ccc(C(=O)O)cc4)C3=O)c2)c(Cl)c1. The molecule has 0 aliphatic carbocycles. The van der Waals surface area contributed by atoms with Gasteiger partial charge in [-0.3, -0.25) is 19.4 Å². The first-order valence-electron chi connectivity index (χ1n) is 14.5. The van der Waals surface area contributed by atoms with Crippen molar-refractivity contribution in [2.75, 3.05) is 58.4 Å². The Morgan fingerprint density at radius 1 is 1.09 bits per heavy atom. The highest BCUT2D eigenvalue weighted by Crippen LogP contribution is 2.38. The molecule has 0 bridgehead atoms. The van der Waals surface area contributed by atoms with Crippen molar-refractivity contribution in [1.29, 1.82) is 0 Å². The highest BCUT2D eigenvalue weighted by Gasteiger charge is 2.32. The van der Waals surface area contributed by atoms with Gasteiger partial charge in [-0.15, -0.1) is 0 Å². The lowest BCUT2D eigenvalue weighted by atomic mass is 10.0. The minimum Gasteiger partial charge on any atom is -0.497 e. The van der Waals surface area contributed by atoms with Gasteiger partial charge in [0.25, 0.3) is 5.91 Å². The summed E-state index contributed by atoms with van der Waals surface area (Å²) in [5, 5.41) is 12.3. The summed E-state index contributed by atoms with van der Waals surface area (Å²) >= 11 is 13.3. The van der Waals surface area contributed by atoms with E-state index in [1.54, 1.807) is 19.3 Å². The standard InChI is InChI=1S/C33H32ClN3O7S2/c1-42-25-7-8-26(27(34)20-25)22-4-9-28(44-17-14-36-12-15-43-16-13-36)23(18-22)19-29-31(39)37(33(45)46-29)11-10-30(38)35-24-5-2-21(3-6-24)32(40)41/h2-9,18-20H,10-17H2,1H3,(H,35,38)(H,40,41)/b29-19-. The van der Waals surface area contributed by atoms with Crippen molar-refractivity contribution >= 4 is 69.4 Å². The minimum atomic E-state index is -1.05. The van der Waals surface area contributed by atoms with Crippen LogP contribution in [0.4, 0.5) is 5.69 Å². The van der Waals surface area contributed by atoms with Gasteiger partial charge < -0.3 is 24.6 Å². The molecule has 0 aromatic heterocycles. The van der Waals surface area contributed by atoms with Gasteiger partial charge in [0.15, 0.2) is 0 Å². The topological polar surface area (TPSA) is 118 Å². The largest absolute Gasteiger partial charge is 0.497 e. The van der Waals surface area contributed by atoms with Crippen molar-refractivity contribution in [2.45, 2.75) is 6.42 Å². The molecule has 5 rings (SSSR count). The van der Waals surface area contributed by atoms with Crippen molar-refractivity contribution < 1.29 is 33.7 Å². The summed E-state index contributed by atoms with van der Waals surface area (Å²) in [7, 11) is 1.58. The Hall–Kier alpha value is -3.94. The average Bonchev–Trinajstić information content (AvgIpc) is 3.32. The molecule has 2 fully saturated rings. The maximum Gasteiger partial charge on any atom is 0.335 e. The van der Waals surface area contributed by atoms with Crippen LogP contribution in [-0.4, -0.2) is 90.1 Å². The molecule has 0 saturated carbocycles. The number of anilines is 1. The van der Waals surface area contributed by atoms with Crippen LogP contribution >= 0.6 is 35.6 Å². The van der Waals surface area contributed by atoms with Crippen LogP contribution in [0.5, 0.6) is 11.5 Å². The molecule has 0 unspecified atom stereocenters. The Labute approximate surface area is 281 Å². The van der Waals surface area contributed by atoms with E-state index >= 15 is 0 Å². The first kappa shape index (κ1) is 33.4. The number of carboxylic acids is 1. The fourth-order valence-electron chi connectivity index (χ4n) is 4.89. The third-order valence-corrected chi connectivity index (χ3v) is 9.09. The summed E-state index contributed by atoms with van der Waals surface area (Å²) in [6.07, 6.45) is 1.76. The van der Waals surface area contributed by atoms with Crippen molar-refractivity contribution in [3.63, 3.8) is 0 Å². The molecule has 2 amide bonds. The van der Waals surface area contributed by atoms with Gasteiger partial charge in [-0.25, -0.2) is 4.79 Å². The number of hydrogen-bond acceptors (Lipinski definition) is 9. The molecular weight excluding hydrogens is 650 g/mol. The Morgan fingerprint density at radius 2 is 1.85 bits per heavy atom. The summed E-state index contributed by atoms with van der Waals surface area (Å²) < 4.78 is 17.3. The zero-order valence-corrected chi connectivity index (χ0v) is 27.4. The number of carbonyl (C=O) groups is 3. The Bertz CT molecular complexity index is 1660. The van der Waals surface area contributed by atoms with E-state index in [2.05, 4.69) is 10.2 Å². The minimum absolute atomic E-state index is 0.00174. The maximum atomic E-state index is 13.5. The first-order valence-corrected chi connectivity index (χ1v) is 16.1. The fourth-order valence-corrected chi connectivity index (χ4v) is 6.47. The summed E-state index contributed by atoms with van der Waals surface area (Å²) in [4.78, 5) is 41.2. The lowest BCUT2D eigenvalue weighted by Crippen LogP contribution is -2.38. The summed E-state index contributed by atoms with van der Waals surface area (Å²) in [5.41, 5.74) is 2.90. The van der Waals surface area contributed by atoms with Gasteiger partial charge in [0.1, 0.15) is 22.4 Å². The first-order chi connectivity index (χ1) is 22.2. The van der Waals surface area contributed by atoms with E-state index in [1.165, 1.54) is 29.2 Å². The van der Waals surface area contributed by atoms with Crippen LogP contribution in [0.25, 0.3) is 17.2 Å². The van der Waals surface area contributed by atoms with Crippen molar-refractivity contribution in [2.24, 2.45) is 0 Å². The zero-order chi connectivity index (χ0) is 32.6. The molecule has 0 spiro atoms. The van der Waals surface area contributed by atoms with Gasteiger partial charge >= 0.3 is 5.97 Å². The Morgan fingerprint density at radius 3 is 2.54 bits per heavy atom. The molecule has 2 saturated heterocycles. The number of thioether (sulfide) groups is 1. The maximum absolute atomic E-state index is 13.5. The van der Waals surface area contributed by atoms with Crippen molar-refractivity contribution in [1.82, 2.24) is 9.80 Å². The number of hydrogen-bond donors (Lipinski definition) is 2. The lowest BCUT2D eigenvalue weighted by molar-refractivity contribution is -0.122. The van der Waals surface area contributed by atoms with E-state index in [1.807, 2.05) is 30.3 Å². The quantitative estimate of drug-likeness (QED) is 0.183. The fraction of sp³-hybridized carbons (Fsp3) is 0.273. The molecule has 2 N–H and O–H groups in total. The lowest BCUT2D eigenvalue weighted by Gasteiger charge is -2.26. The van der Waals surface area contributed by atoms with E-state index in [4.69, 9.17) is 43.1 Å². The Balaban J connectivity index is 1.31. The van der Waals surface area contributed by atoms with E-state index in [-0.39, 0.29) is 30.3 Å². The van der Waals surface area contributed by atoms with Crippen molar-refractivity contribution in [3.05, 3.63) is 81.7 Å². The molecule has 0 atom stereocenters. The normalized spacial score (nSPS) is 16.1. The number of thiocarbonyl (C=S) groups is 1. The molecule has 0 radical (unpaired) electrons. The second-order valence-electron chi connectivity index (χ2n) is 10.4. The third-order valence-electron chi connectivity index (χ3n) is 7.40. The predicted octanol–water partition coefficient (Wildman–Crippen LogP) is 5.65. The average molecular weight is 682 g/mol. The van der Waals surface area contributed by atoms with Crippen LogP contribution in [-0.2, 0) is 14.3 Å². The van der Waals surface area contributed by atoms with Gasteiger partial charge in [0.05, 0.1) is 35.8 Å². The van der Waals surface area contributed by atoms with Gasteiger partial charge in [0.2, 0.25) is 5.91 Å². The number of ether oxygens (including phenoxy) is 3. The Kier molecular flexibility index (Phi) is 11.3. The van der Waals surface area contributed by atoms with E-state index in [9.17, 15) is 14.4 Å². The smallest absolute Gasteiger partial charge is 0.335 e. The number of carbonyl (C=O) groups excluding carboxylic acids is 2. The number of carboxylic acid groups (broad SMARTS) is 1.